The molecular weight excluding hydrogens is 436 g/mol. The van der Waals surface area contributed by atoms with Crippen LogP contribution in [0, 0.1) is 0 Å². The number of rotatable bonds is 13. The second-order valence-corrected chi connectivity index (χ2v) is 7.20. The average Bonchev–Trinajstić information content (AvgIpc) is 2.83. The van der Waals surface area contributed by atoms with Crippen LogP contribution in [-0.2, 0) is 6.42 Å². The first kappa shape index (κ1) is 24.9. The van der Waals surface area contributed by atoms with Crippen molar-refractivity contribution >= 4 is 0 Å². The van der Waals surface area contributed by atoms with Crippen LogP contribution in [0.15, 0.2) is 30.3 Å². The first-order valence-electron chi connectivity index (χ1n) is 10.7. The van der Waals surface area contributed by atoms with Crippen molar-refractivity contribution in [2.24, 2.45) is 0 Å². The largest absolute Gasteiger partial charge is 0.491 e. The molecular formula is C23H30O10. The number of ether oxygens (including phenoxy) is 5. The molecule has 0 saturated carbocycles. The van der Waals surface area contributed by atoms with Crippen LogP contribution in [0.5, 0.6) is 28.7 Å². The summed E-state index contributed by atoms with van der Waals surface area (Å²) >= 11 is 0. The van der Waals surface area contributed by atoms with Gasteiger partial charge in [-0.2, -0.15) is 0 Å². The topological polar surface area (TPSA) is 147 Å². The van der Waals surface area contributed by atoms with Crippen LogP contribution in [0.2, 0.25) is 0 Å². The molecule has 1 aliphatic rings. The predicted molar refractivity (Wildman–Crippen MR) is 116 cm³/mol. The standard InChI is InChI=1S/C23H30O10/c24-3-7-29-16-12-20(31-9-5-26)17-14-18(28)23(33-21(17)13-16)15-1-2-19(30-8-4-25)22(11-15)32-10-6-27/h1-2,11-13,18,23-28H,3-10,14H2. The van der Waals surface area contributed by atoms with Crippen molar-refractivity contribution in [3.8, 4) is 28.7 Å². The third-order valence-corrected chi connectivity index (χ3v) is 4.86. The third-order valence-electron chi connectivity index (χ3n) is 4.86. The minimum absolute atomic E-state index is 0.0486. The highest BCUT2D eigenvalue weighted by molar-refractivity contribution is 5.53. The molecule has 182 valence electrons. The normalized spacial score (nSPS) is 17.1. The molecule has 0 spiro atoms. The second kappa shape index (κ2) is 12.5. The van der Waals surface area contributed by atoms with E-state index in [9.17, 15) is 5.11 Å². The van der Waals surface area contributed by atoms with Gasteiger partial charge in [-0.05, 0) is 17.7 Å². The Kier molecular flexibility index (Phi) is 9.40. The monoisotopic (exact) mass is 466 g/mol. The van der Waals surface area contributed by atoms with Crippen LogP contribution in [0.25, 0.3) is 0 Å². The van der Waals surface area contributed by atoms with Crippen LogP contribution >= 0.6 is 0 Å². The highest BCUT2D eigenvalue weighted by Gasteiger charge is 2.33. The fraction of sp³-hybridized carbons (Fsp3) is 0.478. The van der Waals surface area contributed by atoms with E-state index in [2.05, 4.69) is 0 Å². The molecule has 1 aliphatic heterocycles. The molecule has 3 rings (SSSR count). The van der Waals surface area contributed by atoms with Crippen molar-refractivity contribution in [3.05, 3.63) is 41.5 Å². The number of benzene rings is 2. The van der Waals surface area contributed by atoms with Gasteiger partial charge in [0.25, 0.3) is 0 Å². The van der Waals surface area contributed by atoms with Crippen molar-refractivity contribution in [2.75, 3.05) is 52.9 Å². The minimum atomic E-state index is -0.909. The van der Waals surface area contributed by atoms with Gasteiger partial charge in [0.1, 0.15) is 49.8 Å². The molecule has 1 heterocycles. The lowest BCUT2D eigenvalue weighted by Gasteiger charge is -2.32. The van der Waals surface area contributed by atoms with Crippen molar-refractivity contribution in [1.29, 1.82) is 0 Å². The molecule has 2 aromatic rings. The van der Waals surface area contributed by atoms with Gasteiger partial charge in [-0.1, -0.05) is 6.07 Å². The Balaban J connectivity index is 1.91. The molecule has 0 saturated heterocycles. The summed E-state index contributed by atoms with van der Waals surface area (Å²) in [7, 11) is 0. The van der Waals surface area contributed by atoms with E-state index in [0.29, 0.717) is 39.9 Å². The zero-order chi connectivity index (χ0) is 23.6. The van der Waals surface area contributed by atoms with Gasteiger partial charge < -0.3 is 49.2 Å². The first-order valence-corrected chi connectivity index (χ1v) is 10.7. The minimum Gasteiger partial charge on any atom is -0.491 e. The number of fused-ring (bicyclic) bond motifs is 1. The molecule has 10 heteroatoms. The summed E-state index contributed by atoms with van der Waals surface area (Å²) in [5.41, 5.74) is 1.26. The zero-order valence-corrected chi connectivity index (χ0v) is 18.2. The Labute approximate surface area is 191 Å². The van der Waals surface area contributed by atoms with Crippen LogP contribution in [0.4, 0.5) is 0 Å². The van der Waals surface area contributed by atoms with Crippen LogP contribution in [0.3, 0.4) is 0 Å². The SMILES string of the molecule is OCCOc1cc(OCCO)c2c(c1)OC(c1ccc(OCCO)c(OCCO)c1)C(O)C2. The molecule has 33 heavy (non-hydrogen) atoms. The van der Waals surface area contributed by atoms with Crippen LogP contribution in [0.1, 0.15) is 17.2 Å². The highest BCUT2D eigenvalue weighted by atomic mass is 16.5. The molecule has 5 N–H and O–H groups in total. The number of hydrogen-bond acceptors (Lipinski definition) is 10. The fourth-order valence-electron chi connectivity index (χ4n) is 3.50. The Morgan fingerprint density at radius 3 is 2.00 bits per heavy atom. The summed E-state index contributed by atoms with van der Waals surface area (Å²) in [6.07, 6.45) is -1.41. The van der Waals surface area contributed by atoms with Gasteiger partial charge in [0.15, 0.2) is 11.5 Å². The van der Waals surface area contributed by atoms with Gasteiger partial charge in [-0.25, -0.2) is 0 Å². The Hall–Kier alpha value is -2.76. The maximum Gasteiger partial charge on any atom is 0.161 e. The number of aliphatic hydroxyl groups excluding tert-OH is 5. The smallest absolute Gasteiger partial charge is 0.161 e. The lowest BCUT2D eigenvalue weighted by Crippen LogP contribution is -2.31. The number of aliphatic hydroxyl groups is 5. The molecule has 0 amide bonds. The average molecular weight is 466 g/mol. The molecule has 0 radical (unpaired) electrons. The summed E-state index contributed by atoms with van der Waals surface area (Å²) in [6, 6.07) is 8.34. The van der Waals surface area contributed by atoms with E-state index in [1.165, 1.54) is 0 Å². The quantitative estimate of drug-likeness (QED) is 0.277. The molecule has 10 nitrogen and oxygen atoms in total. The molecule has 0 bridgehead atoms. The highest BCUT2D eigenvalue weighted by Crippen LogP contribution is 2.43. The third kappa shape index (κ3) is 6.40. The fourth-order valence-corrected chi connectivity index (χ4v) is 3.50. The van der Waals surface area contributed by atoms with Crippen molar-refractivity contribution in [2.45, 2.75) is 18.6 Å². The van der Waals surface area contributed by atoms with E-state index >= 15 is 0 Å². The van der Waals surface area contributed by atoms with Crippen molar-refractivity contribution < 1.29 is 49.2 Å². The maximum absolute atomic E-state index is 10.9. The van der Waals surface area contributed by atoms with E-state index in [-0.39, 0.29) is 59.3 Å². The van der Waals surface area contributed by atoms with Gasteiger partial charge in [0, 0.05) is 24.1 Å². The zero-order valence-electron chi connectivity index (χ0n) is 18.2. The van der Waals surface area contributed by atoms with E-state index in [1.54, 1.807) is 30.3 Å². The summed E-state index contributed by atoms with van der Waals surface area (Å²) in [6.45, 7) is -0.403. The van der Waals surface area contributed by atoms with Crippen molar-refractivity contribution in [3.63, 3.8) is 0 Å². The van der Waals surface area contributed by atoms with Crippen molar-refractivity contribution in [1.82, 2.24) is 0 Å². The van der Waals surface area contributed by atoms with Gasteiger partial charge >= 0.3 is 0 Å². The second-order valence-electron chi connectivity index (χ2n) is 7.20. The van der Waals surface area contributed by atoms with Gasteiger partial charge in [0.2, 0.25) is 0 Å². The summed E-state index contributed by atoms with van der Waals surface area (Å²) < 4.78 is 28.3. The Bertz CT molecular complexity index is 888. The van der Waals surface area contributed by atoms with E-state index in [1.807, 2.05) is 0 Å². The Morgan fingerprint density at radius 2 is 1.33 bits per heavy atom. The molecule has 0 fully saturated rings. The summed E-state index contributed by atoms with van der Waals surface area (Å²) in [4.78, 5) is 0. The van der Waals surface area contributed by atoms with Gasteiger partial charge in [0.05, 0.1) is 32.5 Å². The first-order chi connectivity index (χ1) is 16.1. The summed E-state index contributed by atoms with van der Waals surface area (Å²) in [5, 5.41) is 47.2. The van der Waals surface area contributed by atoms with E-state index in [4.69, 9.17) is 44.1 Å². The van der Waals surface area contributed by atoms with E-state index in [0.717, 1.165) is 0 Å². The lowest BCUT2D eigenvalue weighted by atomic mass is 9.93. The predicted octanol–water partition coefficient (Wildman–Crippen LogP) is 0.208. The summed E-state index contributed by atoms with van der Waals surface area (Å²) in [5.74, 6) is 2.04. The van der Waals surface area contributed by atoms with Crippen LogP contribution in [-0.4, -0.2) is 84.5 Å². The molecule has 0 aliphatic carbocycles. The molecule has 2 atom stereocenters. The maximum atomic E-state index is 10.9. The molecule has 2 aromatic carbocycles. The Morgan fingerprint density at radius 1 is 0.727 bits per heavy atom. The molecule has 2 unspecified atom stereocenters. The number of hydrogen-bond donors (Lipinski definition) is 5. The molecule has 0 aromatic heterocycles. The van der Waals surface area contributed by atoms with E-state index < -0.39 is 12.2 Å². The van der Waals surface area contributed by atoms with Crippen LogP contribution < -0.4 is 23.7 Å². The van der Waals surface area contributed by atoms with Gasteiger partial charge in [-0.3, -0.25) is 0 Å². The van der Waals surface area contributed by atoms with Gasteiger partial charge in [-0.15, -0.1) is 0 Å². The lowest BCUT2D eigenvalue weighted by molar-refractivity contribution is 0.0191.